The zero-order valence-electron chi connectivity index (χ0n) is 17.7. The fraction of sp³-hybridized carbons (Fsp3) is 0.435. The average Bonchev–Trinajstić information content (AvgIpc) is 2.75. The van der Waals surface area contributed by atoms with E-state index in [1.807, 2.05) is 55.5 Å². The van der Waals surface area contributed by atoms with E-state index in [2.05, 4.69) is 5.32 Å². The van der Waals surface area contributed by atoms with E-state index >= 15 is 0 Å². The number of carbonyl (C=O) groups is 1. The summed E-state index contributed by atoms with van der Waals surface area (Å²) < 4.78 is 27.0. The van der Waals surface area contributed by atoms with Gasteiger partial charge in [0, 0.05) is 42.1 Å². The van der Waals surface area contributed by atoms with Crippen molar-refractivity contribution in [2.24, 2.45) is 5.92 Å². The molecule has 1 aliphatic rings. The van der Waals surface area contributed by atoms with E-state index in [0.29, 0.717) is 32.5 Å². The number of sulfonamides is 1. The lowest BCUT2D eigenvalue weighted by molar-refractivity contribution is -0.125. The van der Waals surface area contributed by atoms with Gasteiger partial charge in [-0.2, -0.15) is 11.8 Å². The molecule has 168 valence electrons. The summed E-state index contributed by atoms with van der Waals surface area (Å²) in [7, 11) is -3.36. The van der Waals surface area contributed by atoms with Gasteiger partial charge >= 0.3 is 0 Å². The number of nitrogens with zero attached hydrogens (tertiary/aromatic N) is 1. The molecule has 5 nitrogen and oxygen atoms in total. The van der Waals surface area contributed by atoms with Gasteiger partial charge in [0.05, 0.1) is 5.75 Å². The molecule has 1 N–H and O–H groups in total. The maximum atomic E-state index is 12.7. The van der Waals surface area contributed by atoms with E-state index in [1.165, 1.54) is 9.87 Å². The second-order valence-electron chi connectivity index (χ2n) is 7.89. The molecule has 0 unspecified atom stereocenters. The highest BCUT2D eigenvalue weighted by Crippen LogP contribution is 2.22. The topological polar surface area (TPSA) is 66.5 Å². The van der Waals surface area contributed by atoms with Gasteiger partial charge in [0.15, 0.2) is 0 Å². The number of amides is 1. The number of nitrogens with one attached hydrogen (secondary N) is 1. The minimum Gasteiger partial charge on any atom is -0.355 e. The van der Waals surface area contributed by atoms with Crippen LogP contribution >= 0.6 is 23.4 Å². The van der Waals surface area contributed by atoms with Crippen molar-refractivity contribution in [3.63, 3.8) is 0 Å². The first-order chi connectivity index (χ1) is 14.8. The molecule has 3 rings (SSSR count). The van der Waals surface area contributed by atoms with Crippen LogP contribution < -0.4 is 5.32 Å². The van der Waals surface area contributed by atoms with Gasteiger partial charge in [0.2, 0.25) is 15.9 Å². The zero-order valence-corrected chi connectivity index (χ0v) is 20.1. The monoisotopic (exact) mass is 480 g/mol. The van der Waals surface area contributed by atoms with Gasteiger partial charge in [-0.15, -0.1) is 0 Å². The molecule has 1 fully saturated rings. The number of benzene rings is 2. The number of halogens is 1. The molecule has 0 bridgehead atoms. The molecule has 31 heavy (non-hydrogen) atoms. The predicted octanol–water partition coefficient (Wildman–Crippen LogP) is 4.24. The Balaban J connectivity index is 1.36. The molecule has 0 aromatic heterocycles. The Morgan fingerprint density at radius 1 is 1.13 bits per heavy atom. The fourth-order valence-corrected chi connectivity index (χ4v) is 6.17. The fourth-order valence-electron chi connectivity index (χ4n) is 3.59. The van der Waals surface area contributed by atoms with Gasteiger partial charge in [-0.3, -0.25) is 4.79 Å². The van der Waals surface area contributed by atoms with Crippen LogP contribution in [0.4, 0.5) is 0 Å². The van der Waals surface area contributed by atoms with E-state index in [1.54, 1.807) is 11.8 Å². The van der Waals surface area contributed by atoms with Crippen LogP contribution in [0.25, 0.3) is 0 Å². The predicted molar refractivity (Wildman–Crippen MR) is 129 cm³/mol. The summed E-state index contributed by atoms with van der Waals surface area (Å²) in [4.78, 5) is 12.4. The molecule has 8 heteroatoms. The summed E-state index contributed by atoms with van der Waals surface area (Å²) in [5.41, 5.74) is 3.07. The van der Waals surface area contributed by atoms with Crippen LogP contribution in [0.15, 0.2) is 48.5 Å². The SMILES string of the molecule is Cc1ccc(CS(=O)(=O)N2CCC(C(=O)NCCSCc3cccc(Cl)c3)CC2)cc1. The number of hydrogen-bond donors (Lipinski definition) is 1. The van der Waals surface area contributed by atoms with E-state index < -0.39 is 10.0 Å². The third-order valence-corrected chi connectivity index (χ3v) is 8.51. The molecule has 0 radical (unpaired) electrons. The Morgan fingerprint density at radius 2 is 1.84 bits per heavy atom. The van der Waals surface area contributed by atoms with Gasteiger partial charge in [-0.25, -0.2) is 12.7 Å². The van der Waals surface area contributed by atoms with E-state index in [4.69, 9.17) is 11.6 Å². The summed E-state index contributed by atoms with van der Waals surface area (Å²) in [6, 6.07) is 15.4. The first kappa shape index (κ1) is 24.1. The highest BCUT2D eigenvalue weighted by Gasteiger charge is 2.31. The zero-order chi connectivity index (χ0) is 22.3. The Labute approximate surface area is 194 Å². The summed E-state index contributed by atoms with van der Waals surface area (Å²) in [6.45, 7) is 3.38. The number of rotatable bonds is 9. The maximum absolute atomic E-state index is 12.7. The minimum absolute atomic E-state index is 0.00793. The molecule has 1 saturated heterocycles. The van der Waals surface area contributed by atoms with Crippen LogP contribution in [0.3, 0.4) is 0 Å². The van der Waals surface area contributed by atoms with E-state index in [9.17, 15) is 13.2 Å². The van der Waals surface area contributed by atoms with Crippen molar-refractivity contribution in [1.82, 2.24) is 9.62 Å². The van der Waals surface area contributed by atoms with E-state index in [0.717, 1.165) is 27.7 Å². The van der Waals surface area contributed by atoms with Crippen LogP contribution in [0.1, 0.15) is 29.5 Å². The summed E-state index contributed by atoms with van der Waals surface area (Å²) in [5, 5.41) is 3.73. The normalized spacial score (nSPS) is 15.7. The van der Waals surface area contributed by atoms with Crippen molar-refractivity contribution in [2.75, 3.05) is 25.4 Å². The molecular formula is C23H29ClN2O3S2. The maximum Gasteiger partial charge on any atom is 0.223 e. The smallest absolute Gasteiger partial charge is 0.223 e. The van der Waals surface area contributed by atoms with Gasteiger partial charge < -0.3 is 5.32 Å². The van der Waals surface area contributed by atoms with Gasteiger partial charge in [0.1, 0.15) is 0 Å². The Morgan fingerprint density at radius 3 is 2.52 bits per heavy atom. The largest absolute Gasteiger partial charge is 0.355 e. The van der Waals surface area contributed by atoms with Crippen LogP contribution in [-0.2, 0) is 26.3 Å². The molecule has 0 aliphatic carbocycles. The van der Waals surface area contributed by atoms with Crippen molar-refractivity contribution in [1.29, 1.82) is 0 Å². The lowest BCUT2D eigenvalue weighted by Crippen LogP contribution is -2.43. The number of carbonyl (C=O) groups excluding carboxylic acids is 1. The third kappa shape index (κ3) is 7.52. The lowest BCUT2D eigenvalue weighted by atomic mass is 9.97. The van der Waals surface area contributed by atoms with Crippen molar-refractivity contribution in [3.8, 4) is 0 Å². The lowest BCUT2D eigenvalue weighted by Gasteiger charge is -2.30. The van der Waals surface area contributed by atoms with Gasteiger partial charge in [0.25, 0.3) is 0 Å². The summed E-state index contributed by atoms with van der Waals surface area (Å²) in [6.07, 6.45) is 1.13. The highest BCUT2D eigenvalue weighted by molar-refractivity contribution is 7.98. The first-order valence-corrected chi connectivity index (χ1v) is 13.6. The van der Waals surface area contributed by atoms with Crippen LogP contribution in [0, 0.1) is 12.8 Å². The summed E-state index contributed by atoms with van der Waals surface area (Å²) in [5.74, 6) is 1.59. The quantitative estimate of drug-likeness (QED) is 0.545. The van der Waals surface area contributed by atoms with Crippen molar-refractivity contribution in [3.05, 3.63) is 70.2 Å². The van der Waals surface area contributed by atoms with Crippen molar-refractivity contribution >= 4 is 39.3 Å². The van der Waals surface area contributed by atoms with Gasteiger partial charge in [-0.1, -0.05) is 53.6 Å². The highest BCUT2D eigenvalue weighted by atomic mass is 35.5. The van der Waals surface area contributed by atoms with Crippen molar-refractivity contribution < 1.29 is 13.2 Å². The Bertz CT molecular complexity index is 973. The first-order valence-electron chi connectivity index (χ1n) is 10.5. The molecule has 1 heterocycles. The number of thioether (sulfide) groups is 1. The number of aryl methyl sites for hydroxylation is 1. The molecule has 1 aliphatic heterocycles. The minimum atomic E-state index is -3.36. The molecule has 0 atom stereocenters. The molecule has 0 saturated carbocycles. The molecule has 1 amide bonds. The third-order valence-electron chi connectivity index (χ3n) is 5.39. The Hall–Kier alpha value is -1.54. The van der Waals surface area contributed by atoms with E-state index in [-0.39, 0.29) is 17.6 Å². The van der Waals surface area contributed by atoms with Crippen LogP contribution in [-0.4, -0.2) is 44.0 Å². The average molecular weight is 481 g/mol. The van der Waals surface area contributed by atoms with Crippen LogP contribution in [0.5, 0.6) is 0 Å². The Kier molecular flexibility index (Phi) is 8.84. The molecule has 2 aromatic rings. The van der Waals surface area contributed by atoms with Crippen molar-refractivity contribution in [2.45, 2.75) is 31.3 Å². The molecular weight excluding hydrogens is 452 g/mol. The number of hydrogen-bond acceptors (Lipinski definition) is 4. The second-order valence-corrected chi connectivity index (χ2v) is 11.4. The summed E-state index contributed by atoms with van der Waals surface area (Å²) >= 11 is 7.74. The molecule has 0 spiro atoms. The second kappa shape index (κ2) is 11.4. The van der Waals surface area contributed by atoms with Gasteiger partial charge in [-0.05, 0) is 43.0 Å². The number of piperidine rings is 1. The van der Waals surface area contributed by atoms with Crippen LogP contribution in [0.2, 0.25) is 5.02 Å². The standard InChI is InChI=1S/C23H29ClN2O3S2/c1-18-5-7-19(8-6-18)17-31(28,29)26-12-9-21(10-13-26)23(27)25-11-14-30-16-20-3-2-4-22(24)15-20/h2-8,15,21H,9-14,16-17H2,1H3,(H,25,27). The molecule has 2 aromatic carbocycles.